The van der Waals surface area contributed by atoms with E-state index in [0.29, 0.717) is 30.2 Å². The highest BCUT2D eigenvalue weighted by Gasteiger charge is 2.14. The molecule has 0 atom stereocenters. The molecule has 1 N–H and O–H groups in total. The van der Waals surface area contributed by atoms with Crippen LogP contribution in [0.2, 0.25) is 0 Å². The molecule has 0 aromatic heterocycles. The van der Waals surface area contributed by atoms with E-state index in [1.165, 1.54) is 46.1 Å². The quantitative estimate of drug-likeness (QED) is 0.197. The van der Waals surface area contributed by atoms with Crippen molar-refractivity contribution in [3.63, 3.8) is 0 Å². The first kappa shape index (κ1) is 27.7. The number of nitro benzene ring substituents is 1. The van der Waals surface area contributed by atoms with E-state index in [-0.39, 0.29) is 36.2 Å². The predicted octanol–water partition coefficient (Wildman–Crippen LogP) is 3.91. The number of azo groups is 1. The van der Waals surface area contributed by atoms with Gasteiger partial charge in [-0.1, -0.05) is 0 Å². The molecule has 0 aliphatic rings. The van der Waals surface area contributed by atoms with E-state index < -0.39 is 16.9 Å². The molecule has 0 aliphatic heterocycles. The molecule has 0 saturated carbocycles. The Bertz CT molecular complexity index is 1130. The second-order valence-corrected chi connectivity index (χ2v) is 7.36. The maximum Gasteiger partial charge on any atom is 0.302 e. The molecule has 0 radical (unpaired) electrons. The van der Waals surface area contributed by atoms with Gasteiger partial charge in [0, 0.05) is 32.5 Å². The Hall–Kier alpha value is -4.55. The van der Waals surface area contributed by atoms with Crippen molar-refractivity contribution in [1.29, 1.82) is 0 Å². The van der Waals surface area contributed by atoms with Gasteiger partial charge in [0.15, 0.2) is 5.75 Å². The van der Waals surface area contributed by atoms with Gasteiger partial charge in [0.1, 0.15) is 24.6 Å². The lowest BCUT2D eigenvalue weighted by molar-refractivity contribution is -0.384. The molecule has 2 aromatic carbocycles. The van der Waals surface area contributed by atoms with Gasteiger partial charge in [0.25, 0.3) is 5.69 Å². The summed E-state index contributed by atoms with van der Waals surface area (Å²) in [4.78, 5) is 46.4. The number of hydrogen-bond acceptors (Lipinski definition) is 11. The van der Waals surface area contributed by atoms with E-state index in [2.05, 4.69) is 15.5 Å². The molecule has 0 saturated heterocycles. The molecule has 0 bridgehead atoms. The summed E-state index contributed by atoms with van der Waals surface area (Å²) in [5, 5.41) is 22.0. The van der Waals surface area contributed by atoms with Crippen molar-refractivity contribution < 1.29 is 33.5 Å². The third-order valence-electron chi connectivity index (χ3n) is 4.63. The van der Waals surface area contributed by atoms with Crippen LogP contribution in [0.5, 0.6) is 5.75 Å². The highest BCUT2D eigenvalue weighted by Crippen LogP contribution is 2.35. The van der Waals surface area contributed by atoms with Gasteiger partial charge in [-0.3, -0.25) is 24.5 Å². The van der Waals surface area contributed by atoms with E-state index in [9.17, 15) is 24.5 Å². The molecule has 2 rings (SSSR count). The number of hydrogen-bond donors (Lipinski definition) is 1. The van der Waals surface area contributed by atoms with Crippen LogP contribution < -0.4 is 15.0 Å². The molecule has 0 fully saturated rings. The number of rotatable bonds is 12. The first-order valence-electron chi connectivity index (χ1n) is 10.8. The summed E-state index contributed by atoms with van der Waals surface area (Å²) >= 11 is 0. The number of non-ortho nitro benzene ring substituents is 1. The van der Waals surface area contributed by atoms with Gasteiger partial charge < -0.3 is 24.4 Å². The minimum absolute atomic E-state index is 0.103. The number of nitro groups is 1. The monoisotopic (exact) mass is 501 g/mol. The second-order valence-electron chi connectivity index (χ2n) is 7.36. The van der Waals surface area contributed by atoms with Crippen molar-refractivity contribution in [2.24, 2.45) is 10.2 Å². The summed E-state index contributed by atoms with van der Waals surface area (Å²) in [5.74, 6) is -1.03. The minimum Gasteiger partial charge on any atom is -0.494 e. The minimum atomic E-state index is -0.550. The van der Waals surface area contributed by atoms with Gasteiger partial charge in [0.05, 0.1) is 36.9 Å². The van der Waals surface area contributed by atoms with Crippen LogP contribution in [0.25, 0.3) is 0 Å². The SMILES string of the molecule is COc1cc([N+](=O)[O-])ccc1/N=N/c1ccc(N(CCOC(C)=O)CCOC(C)=O)cc1NC(C)=O. The van der Waals surface area contributed by atoms with Gasteiger partial charge in [-0.25, -0.2) is 0 Å². The van der Waals surface area contributed by atoms with E-state index >= 15 is 0 Å². The molecule has 0 unspecified atom stereocenters. The average molecular weight is 501 g/mol. The Balaban J connectivity index is 2.37. The van der Waals surface area contributed by atoms with Crippen LogP contribution in [0.4, 0.5) is 28.4 Å². The lowest BCUT2D eigenvalue weighted by Crippen LogP contribution is -2.32. The van der Waals surface area contributed by atoms with Crippen LogP contribution in [-0.2, 0) is 23.9 Å². The van der Waals surface area contributed by atoms with Crippen LogP contribution in [0.3, 0.4) is 0 Å². The number of esters is 2. The number of methoxy groups -OCH3 is 1. The van der Waals surface area contributed by atoms with Crippen molar-refractivity contribution in [1.82, 2.24) is 0 Å². The van der Waals surface area contributed by atoms with E-state index in [1.807, 2.05) is 4.90 Å². The zero-order valence-electron chi connectivity index (χ0n) is 20.3. The maximum atomic E-state index is 11.8. The van der Waals surface area contributed by atoms with Crippen LogP contribution in [0.1, 0.15) is 20.8 Å². The number of carbonyl (C=O) groups excluding carboxylic acids is 3. The van der Waals surface area contributed by atoms with Crippen LogP contribution in [-0.4, -0.2) is 56.2 Å². The molecule has 2 aromatic rings. The van der Waals surface area contributed by atoms with Crippen LogP contribution >= 0.6 is 0 Å². The third-order valence-corrected chi connectivity index (χ3v) is 4.63. The van der Waals surface area contributed by atoms with Crippen molar-refractivity contribution in [2.45, 2.75) is 20.8 Å². The second kappa shape index (κ2) is 13.4. The Morgan fingerprint density at radius 3 is 2.06 bits per heavy atom. The topological polar surface area (TPSA) is 162 Å². The first-order valence-corrected chi connectivity index (χ1v) is 10.8. The van der Waals surface area contributed by atoms with Gasteiger partial charge in [-0.2, -0.15) is 0 Å². The summed E-state index contributed by atoms with van der Waals surface area (Å²) in [6, 6.07) is 8.90. The number of anilines is 2. The zero-order valence-corrected chi connectivity index (χ0v) is 20.3. The average Bonchev–Trinajstić information content (AvgIpc) is 2.81. The highest BCUT2D eigenvalue weighted by atomic mass is 16.6. The predicted molar refractivity (Wildman–Crippen MR) is 130 cm³/mol. The van der Waals surface area contributed by atoms with Crippen molar-refractivity contribution in [3.8, 4) is 5.75 Å². The number of amides is 1. The Morgan fingerprint density at radius 1 is 0.944 bits per heavy atom. The molecule has 13 nitrogen and oxygen atoms in total. The molecular weight excluding hydrogens is 474 g/mol. The molecule has 0 aliphatic carbocycles. The van der Waals surface area contributed by atoms with E-state index in [1.54, 1.807) is 18.2 Å². The molecule has 1 amide bonds. The van der Waals surface area contributed by atoms with Crippen LogP contribution in [0.15, 0.2) is 46.6 Å². The van der Waals surface area contributed by atoms with Crippen molar-refractivity contribution >= 4 is 46.3 Å². The van der Waals surface area contributed by atoms with E-state index in [0.717, 1.165) is 0 Å². The lowest BCUT2D eigenvalue weighted by atomic mass is 10.2. The normalized spacial score (nSPS) is 10.6. The third kappa shape index (κ3) is 8.66. The van der Waals surface area contributed by atoms with Crippen molar-refractivity contribution in [2.75, 3.05) is 43.6 Å². The molecule has 13 heteroatoms. The molecular formula is C23H27N5O8. The van der Waals surface area contributed by atoms with E-state index in [4.69, 9.17) is 14.2 Å². The van der Waals surface area contributed by atoms with Gasteiger partial charge in [0.2, 0.25) is 5.91 Å². The zero-order chi connectivity index (χ0) is 26.7. The molecule has 192 valence electrons. The Kier molecular flexibility index (Phi) is 10.3. The number of nitrogens with one attached hydrogen (secondary N) is 1. The smallest absolute Gasteiger partial charge is 0.302 e. The number of benzene rings is 2. The highest BCUT2D eigenvalue weighted by molar-refractivity contribution is 5.93. The van der Waals surface area contributed by atoms with Gasteiger partial charge in [-0.05, 0) is 24.3 Å². The molecule has 0 spiro atoms. The van der Waals surface area contributed by atoms with Gasteiger partial charge >= 0.3 is 11.9 Å². The number of carbonyl (C=O) groups is 3. The fourth-order valence-corrected chi connectivity index (χ4v) is 3.04. The molecule has 36 heavy (non-hydrogen) atoms. The van der Waals surface area contributed by atoms with Crippen LogP contribution in [0, 0.1) is 10.1 Å². The Morgan fingerprint density at radius 2 is 1.53 bits per heavy atom. The first-order chi connectivity index (χ1) is 17.1. The lowest BCUT2D eigenvalue weighted by Gasteiger charge is -2.25. The van der Waals surface area contributed by atoms with Gasteiger partial charge in [-0.15, -0.1) is 10.2 Å². The maximum absolute atomic E-state index is 11.8. The fraction of sp³-hybridized carbons (Fsp3) is 0.348. The van der Waals surface area contributed by atoms with Crippen molar-refractivity contribution in [3.05, 3.63) is 46.5 Å². The summed E-state index contributed by atoms with van der Waals surface area (Å²) in [6.45, 7) is 4.77. The summed E-state index contributed by atoms with van der Waals surface area (Å²) in [6.07, 6.45) is 0. The standard InChI is InChI=1S/C23H27N5O8/c1-15(29)24-22-13-18(27(9-11-35-16(2)30)10-12-36-17(3)31)5-7-20(22)25-26-21-8-6-19(28(32)33)14-23(21)34-4/h5-8,13-14H,9-12H2,1-4H3,(H,24,29)/b26-25+. The number of nitrogens with zero attached hydrogens (tertiary/aromatic N) is 4. The summed E-state index contributed by atoms with van der Waals surface area (Å²) < 4.78 is 15.2. The Labute approximate surface area is 207 Å². The summed E-state index contributed by atoms with van der Waals surface area (Å²) in [5.41, 5.74) is 1.40. The number of ether oxygens (including phenoxy) is 3. The molecule has 0 heterocycles. The largest absolute Gasteiger partial charge is 0.494 e. The summed E-state index contributed by atoms with van der Waals surface area (Å²) in [7, 11) is 1.36. The fourth-order valence-electron chi connectivity index (χ4n) is 3.04.